The first-order valence-electron chi connectivity index (χ1n) is 8.10. The second kappa shape index (κ2) is 8.48. The van der Waals surface area contributed by atoms with E-state index in [0.29, 0.717) is 12.4 Å². The summed E-state index contributed by atoms with van der Waals surface area (Å²) in [6.07, 6.45) is 0.957. The van der Waals surface area contributed by atoms with Gasteiger partial charge in [-0.15, -0.1) is 11.3 Å². The molecule has 0 saturated carbocycles. The molecule has 25 heavy (non-hydrogen) atoms. The zero-order chi connectivity index (χ0) is 17.5. The van der Waals surface area contributed by atoms with Gasteiger partial charge < -0.3 is 14.2 Å². The van der Waals surface area contributed by atoms with Gasteiger partial charge in [-0.1, -0.05) is 19.1 Å². The van der Waals surface area contributed by atoms with Gasteiger partial charge in [0, 0.05) is 0 Å². The van der Waals surface area contributed by atoms with Crippen molar-refractivity contribution in [3.63, 3.8) is 0 Å². The van der Waals surface area contributed by atoms with E-state index in [1.54, 1.807) is 12.1 Å². The van der Waals surface area contributed by atoms with E-state index >= 15 is 0 Å². The molecule has 3 aromatic rings. The predicted octanol–water partition coefficient (Wildman–Crippen LogP) is 4.21. The van der Waals surface area contributed by atoms with Crippen molar-refractivity contribution in [3.05, 3.63) is 53.5 Å². The van der Waals surface area contributed by atoms with Gasteiger partial charge in [0.15, 0.2) is 6.61 Å². The van der Waals surface area contributed by atoms with Crippen LogP contribution in [0.4, 0.5) is 0 Å². The molecule has 0 unspecified atom stereocenters. The zero-order valence-corrected chi connectivity index (χ0v) is 14.8. The number of aromatic nitrogens is 1. The van der Waals surface area contributed by atoms with Gasteiger partial charge in [-0.3, -0.25) is 0 Å². The molecule has 0 amide bonds. The van der Waals surface area contributed by atoms with Crippen LogP contribution in [0.25, 0.3) is 10.2 Å². The van der Waals surface area contributed by atoms with Crippen LogP contribution in [0.1, 0.15) is 18.4 Å². The van der Waals surface area contributed by atoms with Gasteiger partial charge >= 0.3 is 5.97 Å². The minimum Gasteiger partial charge on any atom is -0.494 e. The lowest BCUT2D eigenvalue weighted by molar-refractivity contribution is -0.147. The molecule has 0 saturated heterocycles. The molecule has 1 aromatic heterocycles. The minimum absolute atomic E-state index is 0.139. The first-order valence-corrected chi connectivity index (χ1v) is 8.92. The number of ether oxygens (including phenoxy) is 3. The fraction of sp³-hybridized carbons (Fsp3) is 0.263. The summed E-state index contributed by atoms with van der Waals surface area (Å²) in [7, 11) is 0. The third kappa shape index (κ3) is 4.93. The fourth-order valence-corrected chi connectivity index (χ4v) is 3.04. The number of thiazole rings is 1. The Kier molecular flexibility index (Phi) is 5.85. The van der Waals surface area contributed by atoms with Crippen molar-refractivity contribution in [3.8, 4) is 11.5 Å². The van der Waals surface area contributed by atoms with E-state index in [0.717, 1.165) is 27.4 Å². The molecule has 0 N–H and O–H groups in total. The van der Waals surface area contributed by atoms with Crippen LogP contribution < -0.4 is 9.47 Å². The summed E-state index contributed by atoms with van der Waals surface area (Å²) >= 11 is 1.52. The molecule has 2 aromatic carbocycles. The number of benzene rings is 2. The molecule has 0 radical (unpaired) electrons. The summed E-state index contributed by atoms with van der Waals surface area (Å²) in [5.74, 6) is 0.957. The van der Waals surface area contributed by atoms with Crippen LogP contribution in [0, 0.1) is 0 Å². The summed E-state index contributed by atoms with van der Waals surface area (Å²) in [5, 5.41) is 0.770. The molecule has 0 atom stereocenters. The molecule has 0 fully saturated rings. The average molecular weight is 357 g/mol. The maximum Gasteiger partial charge on any atom is 0.344 e. The van der Waals surface area contributed by atoms with E-state index < -0.39 is 5.97 Å². The second-order valence-corrected chi connectivity index (χ2v) is 6.46. The summed E-state index contributed by atoms with van der Waals surface area (Å²) in [4.78, 5) is 16.2. The predicted molar refractivity (Wildman–Crippen MR) is 97.1 cm³/mol. The molecule has 0 aliphatic carbocycles. The van der Waals surface area contributed by atoms with Gasteiger partial charge in [0.2, 0.25) is 0 Å². The number of nitrogens with zero attached hydrogens (tertiary/aromatic N) is 1. The highest BCUT2D eigenvalue weighted by molar-refractivity contribution is 7.18. The van der Waals surface area contributed by atoms with Crippen LogP contribution in [-0.4, -0.2) is 24.2 Å². The quantitative estimate of drug-likeness (QED) is 0.565. The van der Waals surface area contributed by atoms with Gasteiger partial charge in [-0.05, 0) is 42.8 Å². The topological polar surface area (TPSA) is 57.7 Å². The van der Waals surface area contributed by atoms with E-state index in [9.17, 15) is 4.79 Å². The number of carbonyl (C=O) groups excluding carboxylic acids is 1. The molecule has 6 heteroatoms. The van der Waals surface area contributed by atoms with Crippen molar-refractivity contribution in [1.82, 2.24) is 4.98 Å². The molecule has 0 aliphatic heterocycles. The largest absolute Gasteiger partial charge is 0.494 e. The molecule has 3 rings (SSSR count). The van der Waals surface area contributed by atoms with Crippen molar-refractivity contribution in [2.75, 3.05) is 13.2 Å². The average Bonchev–Trinajstić information content (AvgIpc) is 3.07. The van der Waals surface area contributed by atoms with E-state index in [1.165, 1.54) is 11.3 Å². The van der Waals surface area contributed by atoms with Crippen LogP contribution in [-0.2, 0) is 16.1 Å². The number of carbonyl (C=O) groups is 1. The van der Waals surface area contributed by atoms with Crippen LogP contribution in [0.2, 0.25) is 0 Å². The molecule has 1 heterocycles. The minimum atomic E-state index is -0.425. The molecule has 0 bridgehead atoms. The van der Waals surface area contributed by atoms with Crippen LogP contribution in [0.5, 0.6) is 11.5 Å². The van der Waals surface area contributed by atoms with Crippen LogP contribution >= 0.6 is 11.3 Å². The second-order valence-electron chi connectivity index (χ2n) is 5.34. The first-order chi connectivity index (χ1) is 12.2. The Labute approximate surface area is 150 Å². The van der Waals surface area contributed by atoms with Crippen molar-refractivity contribution in [1.29, 1.82) is 0 Å². The third-order valence-corrected chi connectivity index (χ3v) is 4.36. The molecule has 0 aliphatic rings. The fourth-order valence-electron chi connectivity index (χ4n) is 2.16. The Hall–Kier alpha value is -2.60. The highest BCUT2D eigenvalue weighted by atomic mass is 32.1. The van der Waals surface area contributed by atoms with Gasteiger partial charge in [0.05, 0.1) is 16.8 Å². The van der Waals surface area contributed by atoms with Gasteiger partial charge in [0.25, 0.3) is 0 Å². The molecule has 130 valence electrons. The smallest absolute Gasteiger partial charge is 0.344 e. The number of rotatable bonds is 8. The highest BCUT2D eigenvalue weighted by Crippen LogP contribution is 2.22. The maximum atomic E-state index is 11.8. The Morgan fingerprint density at radius 1 is 1.04 bits per heavy atom. The van der Waals surface area contributed by atoms with E-state index in [-0.39, 0.29) is 13.2 Å². The Balaban J connectivity index is 1.44. The van der Waals surface area contributed by atoms with Crippen molar-refractivity contribution >= 4 is 27.5 Å². The molecule has 0 spiro atoms. The number of fused-ring (bicyclic) bond motifs is 1. The van der Waals surface area contributed by atoms with Crippen molar-refractivity contribution < 1.29 is 19.0 Å². The molecular weight excluding hydrogens is 338 g/mol. The number of hydrogen-bond donors (Lipinski definition) is 0. The lowest BCUT2D eigenvalue weighted by Crippen LogP contribution is -2.14. The Morgan fingerprint density at radius 2 is 1.76 bits per heavy atom. The summed E-state index contributed by atoms with van der Waals surface area (Å²) in [5.41, 5.74) is 0.917. The van der Waals surface area contributed by atoms with Crippen molar-refractivity contribution in [2.45, 2.75) is 20.0 Å². The standard InChI is InChI=1S/C19H19NO4S/c1-2-11-22-14-7-9-15(10-8-14)23-13-19(21)24-12-18-20-16-5-3-4-6-17(16)25-18/h3-10H,2,11-13H2,1H3. The summed E-state index contributed by atoms with van der Waals surface area (Å²) in [6.45, 7) is 2.75. The monoisotopic (exact) mass is 357 g/mol. The van der Waals surface area contributed by atoms with Gasteiger partial charge in [-0.2, -0.15) is 0 Å². The molecule has 5 nitrogen and oxygen atoms in total. The lowest BCUT2D eigenvalue weighted by Gasteiger charge is -2.08. The van der Waals surface area contributed by atoms with E-state index in [1.807, 2.05) is 36.4 Å². The van der Waals surface area contributed by atoms with E-state index in [2.05, 4.69) is 11.9 Å². The maximum absolute atomic E-state index is 11.8. The first kappa shape index (κ1) is 17.2. The van der Waals surface area contributed by atoms with Crippen LogP contribution in [0.15, 0.2) is 48.5 Å². The lowest BCUT2D eigenvalue weighted by atomic mass is 10.3. The normalized spacial score (nSPS) is 10.6. The number of para-hydroxylation sites is 1. The zero-order valence-electron chi connectivity index (χ0n) is 13.9. The highest BCUT2D eigenvalue weighted by Gasteiger charge is 2.08. The van der Waals surface area contributed by atoms with Crippen molar-refractivity contribution in [2.24, 2.45) is 0 Å². The summed E-state index contributed by atoms with van der Waals surface area (Å²) in [6, 6.07) is 15.0. The number of esters is 1. The number of hydrogen-bond acceptors (Lipinski definition) is 6. The van der Waals surface area contributed by atoms with Crippen LogP contribution in [0.3, 0.4) is 0 Å². The van der Waals surface area contributed by atoms with Gasteiger partial charge in [-0.25, -0.2) is 9.78 Å². The Bertz CT molecular complexity index is 796. The van der Waals surface area contributed by atoms with E-state index in [4.69, 9.17) is 14.2 Å². The SMILES string of the molecule is CCCOc1ccc(OCC(=O)OCc2nc3ccccc3s2)cc1. The third-order valence-electron chi connectivity index (χ3n) is 3.35. The summed E-state index contributed by atoms with van der Waals surface area (Å²) < 4.78 is 17.2. The molecular formula is C19H19NO4S. The van der Waals surface area contributed by atoms with Gasteiger partial charge in [0.1, 0.15) is 23.1 Å². The Morgan fingerprint density at radius 3 is 2.48 bits per heavy atom.